The Labute approximate surface area is 152 Å². The summed E-state index contributed by atoms with van der Waals surface area (Å²) in [6.07, 6.45) is 0. The van der Waals surface area contributed by atoms with E-state index in [1.807, 2.05) is 67.6 Å². The van der Waals surface area contributed by atoms with Crippen molar-refractivity contribution in [2.24, 2.45) is 0 Å². The number of benzene rings is 3. The number of nitrogens with one attached hydrogen (secondary N) is 1. The Kier molecular flexibility index (Phi) is 4.01. The van der Waals surface area contributed by atoms with Crippen molar-refractivity contribution in [3.05, 3.63) is 95.1 Å². The Balaban J connectivity index is 1.56. The molecule has 0 bridgehead atoms. The van der Waals surface area contributed by atoms with Crippen molar-refractivity contribution in [1.29, 1.82) is 0 Å². The van der Waals surface area contributed by atoms with Crippen LogP contribution in [-0.2, 0) is 6.54 Å². The van der Waals surface area contributed by atoms with E-state index in [-0.39, 0.29) is 11.8 Å². The fourth-order valence-electron chi connectivity index (χ4n) is 3.20. The maximum Gasteiger partial charge on any atom is 0.258 e. The summed E-state index contributed by atoms with van der Waals surface area (Å²) >= 11 is 0. The summed E-state index contributed by atoms with van der Waals surface area (Å²) in [6, 6.07) is 22.4. The number of carbonyl (C=O) groups excluding carboxylic acids is 2. The monoisotopic (exact) mass is 342 g/mol. The van der Waals surface area contributed by atoms with E-state index in [1.165, 1.54) is 0 Å². The van der Waals surface area contributed by atoms with Gasteiger partial charge < -0.3 is 10.2 Å². The molecule has 1 aliphatic heterocycles. The van der Waals surface area contributed by atoms with Crippen LogP contribution in [-0.4, -0.2) is 11.8 Å². The minimum atomic E-state index is -0.147. The van der Waals surface area contributed by atoms with Gasteiger partial charge in [0.1, 0.15) is 0 Å². The highest BCUT2D eigenvalue weighted by Gasteiger charge is 2.28. The van der Waals surface area contributed by atoms with Gasteiger partial charge in [0.2, 0.25) is 0 Å². The summed E-state index contributed by atoms with van der Waals surface area (Å²) in [7, 11) is 0. The van der Waals surface area contributed by atoms with Gasteiger partial charge in [-0.3, -0.25) is 9.59 Å². The van der Waals surface area contributed by atoms with Gasteiger partial charge in [-0.05, 0) is 54.4 Å². The van der Waals surface area contributed by atoms with E-state index in [9.17, 15) is 9.59 Å². The lowest BCUT2D eigenvalue weighted by atomic mass is 10.1. The number of amides is 2. The van der Waals surface area contributed by atoms with Crippen molar-refractivity contribution >= 4 is 23.2 Å². The molecule has 0 saturated heterocycles. The lowest BCUT2D eigenvalue weighted by molar-refractivity contribution is 0.0994. The van der Waals surface area contributed by atoms with Crippen LogP contribution in [0, 0.1) is 6.92 Å². The Morgan fingerprint density at radius 2 is 1.69 bits per heavy atom. The summed E-state index contributed by atoms with van der Waals surface area (Å²) < 4.78 is 0. The molecule has 3 aromatic rings. The minimum Gasteiger partial charge on any atom is -0.322 e. The van der Waals surface area contributed by atoms with Crippen molar-refractivity contribution in [1.82, 2.24) is 0 Å². The quantitative estimate of drug-likeness (QED) is 0.766. The molecular formula is C22H18N2O2. The Morgan fingerprint density at radius 1 is 0.962 bits per heavy atom. The van der Waals surface area contributed by atoms with Crippen LogP contribution >= 0.6 is 0 Å². The molecule has 0 radical (unpaired) electrons. The zero-order valence-corrected chi connectivity index (χ0v) is 14.4. The number of carbonyl (C=O) groups is 2. The standard InChI is InChI=1S/C22H18N2O2/c1-15-13-18(24-14-17-9-5-6-10-19(17)22(24)26)11-12-20(15)23-21(25)16-7-3-2-4-8-16/h2-13H,14H2,1H3,(H,23,25). The van der Waals surface area contributed by atoms with Crippen molar-refractivity contribution in [2.45, 2.75) is 13.5 Å². The normalized spacial score (nSPS) is 12.8. The predicted octanol–water partition coefficient (Wildman–Crippen LogP) is 4.41. The van der Waals surface area contributed by atoms with E-state index in [0.29, 0.717) is 12.1 Å². The van der Waals surface area contributed by atoms with Gasteiger partial charge in [-0.25, -0.2) is 0 Å². The highest BCUT2D eigenvalue weighted by atomic mass is 16.2. The first kappa shape index (κ1) is 16.1. The smallest absolute Gasteiger partial charge is 0.258 e. The van der Waals surface area contributed by atoms with Crippen molar-refractivity contribution < 1.29 is 9.59 Å². The number of hydrogen-bond donors (Lipinski definition) is 1. The van der Waals surface area contributed by atoms with Gasteiger partial charge in [0.05, 0.1) is 6.54 Å². The molecule has 4 rings (SSSR count). The summed E-state index contributed by atoms with van der Waals surface area (Å²) in [5, 5.41) is 2.93. The Bertz CT molecular complexity index is 996. The fourth-order valence-corrected chi connectivity index (χ4v) is 3.20. The van der Waals surface area contributed by atoms with Crippen LogP contribution in [0.25, 0.3) is 0 Å². The SMILES string of the molecule is Cc1cc(N2Cc3ccccc3C2=O)ccc1NC(=O)c1ccccc1. The number of fused-ring (bicyclic) bond motifs is 1. The summed E-state index contributed by atoms with van der Waals surface area (Å²) in [5.41, 5.74) is 4.90. The van der Waals surface area contributed by atoms with Gasteiger partial charge in [-0.1, -0.05) is 36.4 Å². The van der Waals surface area contributed by atoms with E-state index < -0.39 is 0 Å². The van der Waals surface area contributed by atoms with Gasteiger partial charge in [0.25, 0.3) is 11.8 Å². The van der Waals surface area contributed by atoms with Crippen LogP contribution in [0.4, 0.5) is 11.4 Å². The first-order valence-electron chi connectivity index (χ1n) is 8.50. The molecule has 0 aliphatic carbocycles. The van der Waals surface area contributed by atoms with Gasteiger partial charge in [-0.2, -0.15) is 0 Å². The van der Waals surface area contributed by atoms with Gasteiger partial charge in [0, 0.05) is 22.5 Å². The van der Waals surface area contributed by atoms with Crippen LogP contribution < -0.4 is 10.2 Å². The van der Waals surface area contributed by atoms with E-state index in [2.05, 4.69) is 5.32 Å². The van der Waals surface area contributed by atoms with E-state index in [1.54, 1.807) is 17.0 Å². The molecule has 3 aromatic carbocycles. The van der Waals surface area contributed by atoms with Crippen LogP contribution in [0.2, 0.25) is 0 Å². The third-order valence-corrected chi connectivity index (χ3v) is 4.63. The molecular weight excluding hydrogens is 324 g/mol. The molecule has 0 aromatic heterocycles. The van der Waals surface area contributed by atoms with Gasteiger partial charge in [0.15, 0.2) is 0 Å². The van der Waals surface area contributed by atoms with Gasteiger partial charge >= 0.3 is 0 Å². The number of aryl methyl sites for hydroxylation is 1. The van der Waals surface area contributed by atoms with E-state index >= 15 is 0 Å². The van der Waals surface area contributed by atoms with Crippen LogP contribution in [0.1, 0.15) is 31.8 Å². The zero-order chi connectivity index (χ0) is 18.1. The van der Waals surface area contributed by atoms with E-state index in [4.69, 9.17) is 0 Å². The summed E-state index contributed by atoms with van der Waals surface area (Å²) in [4.78, 5) is 26.7. The molecule has 0 unspecified atom stereocenters. The largest absolute Gasteiger partial charge is 0.322 e. The lowest BCUT2D eigenvalue weighted by Gasteiger charge is -2.18. The topological polar surface area (TPSA) is 49.4 Å². The molecule has 128 valence electrons. The van der Waals surface area contributed by atoms with Gasteiger partial charge in [-0.15, -0.1) is 0 Å². The van der Waals surface area contributed by atoms with Crippen molar-refractivity contribution in [3.63, 3.8) is 0 Å². The second-order valence-corrected chi connectivity index (χ2v) is 6.37. The summed E-state index contributed by atoms with van der Waals surface area (Å²) in [6.45, 7) is 2.50. The third-order valence-electron chi connectivity index (χ3n) is 4.63. The molecule has 1 N–H and O–H groups in total. The molecule has 0 saturated carbocycles. The summed E-state index contributed by atoms with van der Waals surface area (Å²) in [5.74, 6) is -0.132. The first-order valence-corrected chi connectivity index (χ1v) is 8.50. The second kappa shape index (κ2) is 6.48. The first-order chi connectivity index (χ1) is 12.6. The number of nitrogens with zero attached hydrogens (tertiary/aromatic N) is 1. The molecule has 4 heteroatoms. The maximum absolute atomic E-state index is 12.6. The molecule has 1 aliphatic rings. The molecule has 0 spiro atoms. The van der Waals surface area contributed by atoms with Crippen LogP contribution in [0.15, 0.2) is 72.8 Å². The molecule has 0 fully saturated rings. The Morgan fingerprint density at radius 3 is 2.42 bits per heavy atom. The predicted molar refractivity (Wildman–Crippen MR) is 103 cm³/mol. The molecule has 0 atom stereocenters. The number of anilines is 2. The lowest BCUT2D eigenvalue weighted by Crippen LogP contribution is -2.23. The van der Waals surface area contributed by atoms with E-state index in [0.717, 1.165) is 28.1 Å². The van der Waals surface area contributed by atoms with Crippen LogP contribution in [0.3, 0.4) is 0 Å². The molecule has 2 amide bonds. The van der Waals surface area contributed by atoms with Crippen molar-refractivity contribution in [3.8, 4) is 0 Å². The molecule has 4 nitrogen and oxygen atoms in total. The van der Waals surface area contributed by atoms with Crippen molar-refractivity contribution in [2.75, 3.05) is 10.2 Å². The average molecular weight is 342 g/mol. The molecule has 26 heavy (non-hydrogen) atoms. The minimum absolute atomic E-state index is 0.0149. The Hall–Kier alpha value is -3.40. The second-order valence-electron chi connectivity index (χ2n) is 6.37. The number of hydrogen-bond acceptors (Lipinski definition) is 2. The highest BCUT2D eigenvalue weighted by molar-refractivity contribution is 6.10. The highest BCUT2D eigenvalue weighted by Crippen LogP contribution is 2.30. The molecule has 1 heterocycles. The zero-order valence-electron chi connectivity index (χ0n) is 14.4. The fraction of sp³-hybridized carbons (Fsp3) is 0.0909. The number of rotatable bonds is 3. The van der Waals surface area contributed by atoms with Crippen LogP contribution in [0.5, 0.6) is 0 Å². The average Bonchev–Trinajstić information content (AvgIpc) is 3.01. The maximum atomic E-state index is 12.6. The third kappa shape index (κ3) is 2.86.